The normalized spacial score (nSPS) is 23.6. The molecule has 0 aromatic heterocycles. The highest BCUT2D eigenvalue weighted by molar-refractivity contribution is 5.35. The number of benzene rings is 1. The summed E-state index contributed by atoms with van der Waals surface area (Å²) in [6, 6.07) is 6.28. The van der Waals surface area contributed by atoms with Gasteiger partial charge in [0.25, 0.3) is 0 Å². The molecule has 0 saturated carbocycles. The molecule has 1 aliphatic rings. The molecule has 94 valence electrons. The molecule has 0 radical (unpaired) electrons. The Morgan fingerprint density at radius 1 is 1.41 bits per heavy atom. The standard InChI is InChI=1S/C14H22N2O/c1-10-5-4-6-12(11(10)2)14(15)13-9-16(3)7-8-17-13/h4-6,13-14H,7-9,15H2,1-3H3. The molecule has 1 heterocycles. The number of hydrogen-bond acceptors (Lipinski definition) is 3. The zero-order valence-corrected chi connectivity index (χ0v) is 10.9. The van der Waals surface area contributed by atoms with Gasteiger partial charge in [0.05, 0.1) is 18.8 Å². The number of ether oxygens (including phenoxy) is 1. The molecule has 1 aromatic rings. The summed E-state index contributed by atoms with van der Waals surface area (Å²) in [5.41, 5.74) is 10.1. The quantitative estimate of drug-likeness (QED) is 0.845. The van der Waals surface area contributed by atoms with Gasteiger partial charge in [0.15, 0.2) is 0 Å². The SMILES string of the molecule is Cc1cccc(C(N)C2CN(C)CCO2)c1C. The average molecular weight is 234 g/mol. The number of nitrogens with zero attached hydrogens (tertiary/aromatic N) is 1. The first kappa shape index (κ1) is 12.6. The van der Waals surface area contributed by atoms with Gasteiger partial charge >= 0.3 is 0 Å². The van der Waals surface area contributed by atoms with Crippen LogP contribution in [0.1, 0.15) is 22.7 Å². The van der Waals surface area contributed by atoms with Crippen molar-refractivity contribution in [2.75, 3.05) is 26.7 Å². The summed E-state index contributed by atoms with van der Waals surface area (Å²) in [6.45, 7) is 6.95. The third-order valence-electron chi connectivity index (χ3n) is 3.70. The van der Waals surface area contributed by atoms with Crippen molar-refractivity contribution in [2.24, 2.45) is 5.73 Å². The third-order valence-corrected chi connectivity index (χ3v) is 3.70. The zero-order valence-electron chi connectivity index (χ0n) is 10.9. The second kappa shape index (κ2) is 5.17. The van der Waals surface area contributed by atoms with Crippen LogP contribution in [0.4, 0.5) is 0 Å². The number of nitrogens with two attached hydrogens (primary N) is 1. The summed E-state index contributed by atoms with van der Waals surface area (Å²) < 4.78 is 5.79. The molecule has 2 atom stereocenters. The van der Waals surface area contributed by atoms with E-state index in [9.17, 15) is 0 Å². The van der Waals surface area contributed by atoms with E-state index in [-0.39, 0.29) is 12.1 Å². The maximum absolute atomic E-state index is 6.35. The molecule has 1 saturated heterocycles. The van der Waals surface area contributed by atoms with Gasteiger partial charge in [0.2, 0.25) is 0 Å². The predicted molar refractivity (Wildman–Crippen MR) is 70.1 cm³/mol. The lowest BCUT2D eigenvalue weighted by Gasteiger charge is -2.34. The van der Waals surface area contributed by atoms with Gasteiger partial charge in [-0.15, -0.1) is 0 Å². The fourth-order valence-corrected chi connectivity index (χ4v) is 2.36. The summed E-state index contributed by atoms with van der Waals surface area (Å²) in [7, 11) is 2.12. The number of rotatable bonds is 2. The zero-order chi connectivity index (χ0) is 12.4. The van der Waals surface area contributed by atoms with Crippen molar-refractivity contribution in [3.05, 3.63) is 34.9 Å². The summed E-state index contributed by atoms with van der Waals surface area (Å²) in [5.74, 6) is 0. The van der Waals surface area contributed by atoms with Gasteiger partial charge < -0.3 is 15.4 Å². The van der Waals surface area contributed by atoms with Crippen LogP contribution < -0.4 is 5.73 Å². The Hall–Kier alpha value is -0.900. The Morgan fingerprint density at radius 2 is 2.18 bits per heavy atom. The van der Waals surface area contributed by atoms with E-state index in [4.69, 9.17) is 10.5 Å². The van der Waals surface area contributed by atoms with Crippen molar-refractivity contribution in [1.29, 1.82) is 0 Å². The third kappa shape index (κ3) is 2.68. The van der Waals surface area contributed by atoms with Crippen LogP contribution in [0.2, 0.25) is 0 Å². The van der Waals surface area contributed by atoms with Gasteiger partial charge in [-0.3, -0.25) is 0 Å². The Morgan fingerprint density at radius 3 is 2.88 bits per heavy atom. The van der Waals surface area contributed by atoms with Crippen LogP contribution in [0.25, 0.3) is 0 Å². The van der Waals surface area contributed by atoms with Crippen molar-refractivity contribution >= 4 is 0 Å². The molecule has 17 heavy (non-hydrogen) atoms. The van der Waals surface area contributed by atoms with Crippen molar-refractivity contribution in [3.8, 4) is 0 Å². The summed E-state index contributed by atoms with van der Waals surface area (Å²) in [6.07, 6.45) is 0.106. The molecular weight excluding hydrogens is 212 g/mol. The Kier molecular flexibility index (Phi) is 3.82. The highest BCUT2D eigenvalue weighted by Crippen LogP contribution is 2.24. The fourth-order valence-electron chi connectivity index (χ4n) is 2.36. The van der Waals surface area contributed by atoms with Crippen LogP contribution in [0.5, 0.6) is 0 Å². The molecule has 3 heteroatoms. The van der Waals surface area contributed by atoms with Crippen molar-refractivity contribution in [2.45, 2.75) is 26.0 Å². The number of morpholine rings is 1. The fraction of sp³-hybridized carbons (Fsp3) is 0.571. The van der Waals surface area contributed by atoms with E-state index in [2.05, 4.69) is 44.0 Å². The lowest BCUT2D eigenvalue weighted by atomic mass is 9.94. The molecule has 1 fully saturated rings. The van der Waals surface area contributed by atoms with Gasteiger partial charge in [-0.05, 0) is 37.6 Å². The van der Waals surface area contributed by atoms with E-state index >= 15 is 0 Å². The molecule has 2 unspecified atom stereocenters. The first-order valence-corrected chi connectivity index (χ1v) is 6.21. The topological polar surface area (TPSA) is 38.5 Å². The van der Waals surface area contributed by atoms with Gasteiger partial charge in [0, 0.05) is 13.1 Å². The van der Waals surface area contributed by atoms with E-state index in [1.54, 1.807) is 0 Å². The Bertz CT molecular complexity index is 392. The van der Waals surface area contributed by atoms with E-state index in [1.165, 1.54) is 16.7 Å². The molecule has 0 bridgehead atoms. The van der Waals surface area contributed by atoms with E-state index in [1.807, 2.05) is 0 Å². The van der Waals surface area contributed by atoms with Gasteiger partial charge in [0.1, 0.15) is 0 Å². The predicted octanol–water partition coefficient (Wildman–Crippen LogP) is 1.63. The minimum Gasteiger partial charge on any atom is -0.374 e. The maximum Gasteiger partial charge on any atom is 0.0894 e. The van der Waals surface area contributed by atoms with Crippen LogP contribution >= 0.6 is 0 Å². The first-order valence-electron chi connectivity index (χ1n) is 6.21. The van der Waals surface area contributed by atoms with Gasteiger partial charge in [-0.1, -0.05) is 18.2 Å². The Labute approximate surface area is 104 Å². The van der Waals surface area contributed by atoms with E-state index in [0.717, 1.165) is 19.7 Å². The molecule has 2 rings (SSSR count). The van der Waals surface area contributed by atoms with Gasteiger partial charge in [-0.25, -0.2) is 0 Å². The molecule has 1 aliphatic heterocycles. The summed E-state index contributed by atoms with van der Waals surface area (Å²) in [5, 5.41) is 0. The smallest absolute Gasteiger partial charge is 0.0894 e. The van der Waals surface area contributed by atoms with E-state index < -0.39 is 0 Å². The average Bonchev–Trinajstić information content (AvgIpc) is 2.32. The number of aryl methyl sites for hydroxylation is 1. The highest BCUT2D eigenvalue weighted by atomic mass is 16.5. The van der Waals surface area contributed by atoms with Crippen LogP contribution in [-0.2, 0) is 4.74 Å². The molecule has 0 amide bonds. The molecular formula is C14H22N2O. The molecule has 0 spiro atoms. The second-order valence-electron chi connectivity index (χ2n) is 4.99. The minimum atomic E-state index is -0.0300. The van der Waals surface area contributed by atoms with Crippen LogP contribution in [0.15, 0.2) is 18.2 Å². The maximum atomic E-state index is 6.35. The second-order valence-corrected chi connectivity index (χ2v) is 4.99. The largest absolute Gasteiger partial charge is 0.374 e. The monoisotopic (exact) mass is 234 g/mol. The van der Waals surface area contributed by atoms with Crippen LogP contribution in [-0.4, -0.2) is 37.7 Å². The number of likely N-dealkylation sites (N-methyl/N-ethyl adjacent to an activating group) is 1. The lowest BCUT2D eigenvalue weighted by Crippen LogP contribution is -2.45. The van der Waals surface area contributed by atoms with E-state index in [0.29, 0.717) is 0 Å². The highest BCUT2D eigenvalue weighted by Gasteiger charge is 2.26. The molecule has 2 N–H and O–H groups in total. The first-order chi connectivity index (χ1) is 8.09. The molecule has 0 aliphatic carbocycles. The van der Waals surface area contributed by atoms with Crippen molar-refractivity contribution in [1.82, 2.24) is 4.90 Å². The lowest BCUT2D eigenvalue weighted by molar-refractivity contribution is -0.0327. The van der Waals surface area contributed by atoms with Crippen molar-refractivity contribution < 1.29 is 4.74 Å². The Balaban J connectivity index is 2.18. The van der Waals surface area contributed by atoms with Crippen LogP contribution in [0, 0.1) is 13.8 Å². The molecule has 1 aromatic carbocycles. The minimum absolute atomic E-state index is 0.0300. The van der Waals surface area contributed by atoms with Gasteiger partial charge in [-0.2, -0.15) is 0 Å². The summed E-state index contributed by atoms with van der Waals surface area (Å²) >= 11 is 0. The van der Waals surface area contributed by atoms with Crippen LogP contribution in [0.3, 0.4) is 0 Å². The molecule has 3 nitrogen and oxygen atoms in total. The summed E-state index contributed by atoms with van der Waals surface area (Å²) in [4.78, 5) is 2.28. The number of hydrogen-bond donors (Lipinski definition) is 1. The van der Waals surface area contributed by atoms with Crippen molar-refractivity contribution in [3.63, 3.8) is 0 Å².